The molecule has 3 heterocycles. The lowest BCUT2D eigenvalue weighted by Crippen LogP contribution is -2.36. The molecular weight excluding hydrogens is 360 g/mol. The summed E-state index contributed by atoms with van der Waals surface area (Å²) in [4.78, 5) is 29.7. The molecule has 4 rings (SSSR count). The number of carbonyl (C=O) groups excluding carboxylic acids is 1. The Labute approximate surface area is 160 Å². The Morgan fingerprint density at radius 1 is 1.39 bits per heavy atom. The van der Waals surface area contributed by atoms with E-state index in [0.717, 1.165) is 12.8 Å². The molecule has 0 aromatic carbocycles. The Morgan fingerprint density at radius 3 is 2.75 bits per heavy atom. The Balaban J connectivity index is 1.92. The van der Waals surface area contributed by atoms with Gasteiger partial charge >= 0.3 is 0 Å². The average molecular weight is 382 g/mol. The van der Waals surface area contributed by atoms with E-state index >= 15 is 0 Å². The van der Waals surface area contributed by atoms with E-state index in [0.29, 0.717) is 29.3 Å². The van der Waals surface area contributed by atoms with Crippen LogP contribution >= 0.6 is 0 Å². The highest BCUT2D eigenvalue weighted by molar-refractivity contribution is 5.96. The number of nitrogen functional groups attached to an aromatic ring is 1. The fourth-order valence-corrected chi connectivity index (χ4v) is 3.08. The van der Waals surface area contributed by atoms with E-state index in [9.17, 15) is 14.7 Å². The van der Waals surface area contributed by atoms with Gasteiger partial charge in [-0.3, -0.25) is 14.2 Å². The molecule has 3 aromatic heterocycles. The molecule has 0 atom stereocenters. The highest BCUT2D eigenvalue weighted by Gasteiger charge is 2.29. The lowest BCUT2D eigenvalue weighted by atomic mass is 10.2. The van der Waals surface area contributed by atoms with Crippen LogP contribution in [-0.2, 0) is 6.54 Å². The highest BCUT2D eigenvalue weighted by atomic mass is 16.3. The predicted molar refractivity (Wildman–Crippen MR) is 104 cm³/mol. The van der Waals surface area contributed by atoms with Gasteiger partial charge in [0.25, 0.3) is 11.5 Å². The van der Waals surface area contributed by atoms with Gasteiger partial charge in [0.1, 0.15) is 11.5 Å². The van der Waals surface area contributed by atoms with Gasteiger partial charge in [0.2, 0.25) is 5.88 Å². The minimum atomic E-state index is -0.574. The zero-order valence-corrected chi connectivity index (χ0v) is 15.7. The number of nitrogens with one attached hydrogen (secondary N) is 1. The van der Waals surface area contributed by atoms with Gasteiger partial charge in [-0.2, -0.15) is 9.61 Å². The molecule has 1 aliphatic rings. The molecule has 28 heavy (non-hydrogen) atoms. The summed E-state index contributed by atoms with van der Waals surface area (Å²) in [6.45, 7) is 4.33. The largest absolute Gasteiger partial charge is 0.492 e. The van der Waals surface area contributed by atoms with E-state index in [2.05, 4.69) is 15.4 Å². The van der Waals surface area contributed by atoms with Crippen LogP contribution in [0.25, 0.3) is 16.9 Å². The zero-order chi connectivity index (χ0) is 20.0. The van der Waals surface area contributed by atoms with Crippen LogP contribution in [0.2, 0.25) is 0 Å². The normalized spacial score (nSPS) is 14.0. The van der Waals surface area contributed by atoms with Crippen molar-refractivity contribution in [2.45, 2.75) is 39.3 Å². The Bertz CT molecular complexity index is 1110. The summed E-state index contributed by atoms with van der Waals surface area (Å²) in [5.41, 5.74) is 6.42. The molecule has 146 valence electrons. The van der Waals surface area contributed by atoms with Gasteiger partial charge in [-0.15, -0.1) is 0 Å². The molecule has 9 heteroatoms. The van der Waals surface area contributed by atoms with Crippen molar-refractivity contribution in [1.29, 1.82) is 0 Å². The van der Waals surface area contributed by atoms with Crippen molar-refractivity contribution in [2.75, 3.05) is 5.73 Å². The summed E-state index contributed by atoms with van der Waals surface area (Å²) in [6.07, 6.45) is 3.33. The Morgan fingerprint density at radius 2 is 2.14 bits per heavy atom. The zero-order valence-electron chi connectivity index (χ0n) is 15.7. The SMILES string of the molecule is CC(C)Cn1c(=O)c(C(=O)NC2CC2)c(O)n2nc(-c3ccc(N)nc3)cc12. The van der Waals surface area contributed by atoms with Crippen LogP contribution in [0.3, 0.4) is 0 Å². The number of hydrogen-bond donors (Lipinski definition) is 3. The van der Waals surface area contributed by atoms with E-state index in [4.69, 9.17) is 5.73 Å². The third-order valence-electron chi connectivity index (χ3n) is 4.62. The monoisotopic (exact) mass is 382 g/mol. The van der Waals surface area contributed by atoms with Crippen LogP contribution in [0.4, 0.5) is 5.82 Å². The van der Waals surface area contributed by atoms with E-state index < -0.39 is 17.3 Å². The van der Waals surface area contributed by atoms with Crippen molar-refractivity contribution >= 4 is 17.4 Å². The van der Waals surface area contributed by atoms with Crippen molar-refractivity contribution in [1.82, 2.24) is 24.5 Å². The highest BCUT2D eigenvalue weighted by Crippen LogP contribution is 2.25. The molecular formula is C19H22N6O3. The van der Waals surface area contributed by atoms with Gasteiger partial charge in [0.05, 0.1) is 5.69 Å². The minimum Gasteiger partial charge on any atom is -0.492 e. The molecule has 9 nitrogen and oxygen atoms in total. The molecule has 1 amide bonds. The van der Waals surface area contributed by atoms with E-state index in [1.807, 2.05) is 13.8 Å². The van der Waals surface area contributed by atoms with Gasteiger partial charge in [0, 0.05) is 30.4 Å². The van der Waals surface area contributed by atoms with E-state index in [-0.39, 0.29) is 17.5 Å². The number of aromatic nitrogens is 4. The van der Waals surface area contributed by atoms with Crippen LogP contribution in [0.5, 0.6) is 5.88 Å². The second-order valence-electron chi connectivity index (χ2n) is 7.53. The van der Waals surface area contributed by atoms with Gasteiger partial charge in [-0.1, -0.05) is 13.8 Å². The smallest absolute Gasteiger partial charge is 0.270 e. The van der Waals surface area contributed by atoms with Crippen LogP contribution in [-0.4, -0.2) is 36.2 Å². The van der Waals surface area contributed by atoms with Crippen LogP contribution in [0.15, 0.2) is 29.2 Å². The Kier molecular flexibility index (Phi) is 4.29. The van der Waals surface area contributed by atoms with Crippen molar-refractivity contribution in [3.05, 3.63) is 40.3 Å². The van der Waals surface area contributed by atoms with E-state index in [1.165, 1.54) is 9.08 Å². The maximum absolute atomic E-state index is 13.0. The standard InChI is InChI=1S/C19H22N6O3/c1-10(2)9-24-15-7-13(11-3-6-14(20)21-8-11)23-25(15)19(28)16(18(24)27)17(26)22-12-4-5-12/h3,6-8,10,12,28H,4-5,9H2,1-2H3,(H2,20,21)(H,22,26). The predicted octanol–water partition coefficient (Wildman–Crippen LogP) is 1.39. The van der Waals surface area contributed by atoms with Gasteiger partial charge in [0.15, 0.2) is 5.56 Å². The lowest BCUT2D eigenvalue weighted by molar-refractivity contribution is 0.0944. The molecule has 4 N–H and O–H groups in total. The third kappa shape index (κ3) is 3.19. The van der Waals surface area contributed by atoms with Gasteiger partial charge in [-0.25, -0.2) is 4.98 Å². The summed E-state index contributed by atoms with van der Waals surface area (Å²) < 4.78 is 2.71. The summed E-state index contributed by atoms with van der Waals surface area (Å²) in [7, 11) is 0. The summed E-state index contributed by atoms with van der Waals surface area (Å²) in [6, 6.07) is 5.16. The van der Waals surface area contributed by atoms with E-state index in [1.54, 1.807) is 24.4 Å². The Hall–Kier alpha value is -3.36. The fourth-order valence-electron chi connectivity index (χ4n) is 3.08. The number of amides is 1. The summed E-state index contributed by atoms with van der Waals surface area (Å²) >= 11 is 0. The molecule has 1 aliphatic carbocycles. The first-order chi connectivity index (χ1) is 13.3. The lowest BCUT2D eigenvalue weighted by Gasteiger charge is -2.14. The number of fused-ring (bicyclic) bond motifs is 1. The molecule has 0 radical (unpaired) electrons. The second-order valence-corrected chi connectivity index (χ2v) is 7.53. The molecule has 1 saturated carbocycles. The van der Waals surface area contributed by atoms with Crippen molar-refractivity contribution in [3.8, 4) is 17.1 Å². The quantitative estimate of drug-likeness (QED) is 0.612. The number of nitrogens with zero attached hydrogens (tertiary/aromatic N) is 4. The fraction of sp³-hybridized carbons (Fsp3) is 0.368. The van der Waals surface area contributed by atoms with Crippen LogP contribution in [0.1, 0.15) is 37.0 Å². The number of aromatic hydroxyl groups is 1. The number of pyridine rings is 1. The molecule has 0 saturated heterocycles. The third-order valence-corrected chi connectivity index (χ3v) is 4.62. The number of anilines is 1. The van der Waals surface area contributed by atoms with Crippen LogP contribution in [0, 0.1) is 5.92 Å². The molecule has 1 fully saturated rings. The molecule has 3 aromatic rings. The molecule has 0 aliphatic heterocycles. The van der Waals surface area contributed by atoms with Crippen LogP contribution < -0.4 is 16.6 Å². The van der Waals surface area contributed by atoms with Gasteiger partial charge in [-0.05, 0) is 30.9 Å². The maximum atomic E-state index is 13.0. The molecule has 0 unspecified atom stereocenters. The van der Waals surface area contributed by atoms with Crippen molar-refractivity contribution < 1.29 is 9.90 Å². The van der Waals surface area contributed by atoms with Crippen molar-refractivity contribution in [2.24, 2.45) is 5.92 Å². The molecule has 0 spiro atoms. The van der Waals surface area contributed by atoms with Gasteiger partial charge < -0.3 is 16.2 Å². The minimum absolute atomic E-state index is 0.0644. The maximum Gasteiger partial charge on any atom is 0.270 e. The second kappa shape index (κ2) is 6.66. The first-order valence-corrected chi connectivity index (χ1v) is 9.23. The summed E-state index contributed by atoms with van der Waals surface area (Å²) in [5, 5.41) is 17.9. The first-order valence-electron chi connectivity index (χ1n) is 9.23. The topological polar surface area (TPSA) is 128 Å². The first kappa shape index (κ1) is 18.0. The number of carbonyl (C=O) groups is 1. The molecule has 0 bridgehead atoms. The number of nitrogens with two attached hydrogens (primary N) is 1. The summed E-state index contributed by atoms with van der Waals surface area (Å²) in [5.74, 6) is -0.503. The average Bonchev–Trinajstić information content (AvgIpc) is 3.33. The van der Waals surface area contributed by atoms with Crippen molar-refractivity contribution in [3.63, 3.8) is 0 Å². The number of hydrogen-bond acceptors (Lipinski definition) is 6. The number of rotatable bonds is 5.